The van der Waals surface area contributed by atoms with E-state index in [1.807, 2.05) is 31.2 Å². The lowest BCUT2D eigenvalue weighted by Crippen LogP contribution is -2.29. The van der Waals surface area contributed by atoms with E-state index in [9.17, 15) is 4.79 Å². The molecule has 1 rings (SSSR count). The fourth-order valence-corrected chi connectivity index (χ4v) is 1.93. The highest BCUT2D eigenvalue weighted by molar-refractivity contribution is 5.97. The number of carbonyl (C=O) groups excluding carboxylic acids is 1. The van der Waals surface area contributed by atoms with Crippen molar-refractivity contribution >= 4 is 5.78 Å². The molecule has 0 radical (unpaired) electrons. The summed E-state index contributed by atoms with van der Waals surface area (Å²) in [6.45, 7) is 7.43. The summed E-state index contributed by atoms with van der Waals surface area (Å²) in [5.74, 6) is 0.226. The van der Waals surface area contributed by atoms with Crippen LogP contribution in [-0.2, 0) is 4.74 Å². The molecule has 18 heavy (non-hydrogen) atoms. The number of likely N-dealkylation sites (N-methyl/N-ethyl adjacent to an activating group) is 1. The molecular formula is C15H23NO2. The normalized spacial score (nSPS) is 10.9. The average Bonchev–Trinajstić information content (AvgIpc) is 2.39. The summed E-state index contributed by atoms with van der Waals surface area (Å²) in [6.07, 6.45) is 0.572. The van der Waals surface area contributed by atoms with Gasteiger partial charge in [-0.05, 0) is 19.0 Å². The van der Waals surface area contributed by atoms with Gasteiger partial charge in [0.15, 0.2) is 5.78 Å². The third-order valence-electron chi connectivity index (χ3n) is 3.16. The van der Waals surface area contributed by atoms with Gasteiger partial charge < -0.3 is 9.64 Å². The molecule has 0 atom stereocenters. The van der Waals surface area contributed by atoms with Gasteiger partial charge in [0.2, 0.25) is 0 Å². The molecule has 3 heteroatoms. The number of hydrogen-bond acceptors (Lipinski definition) is 3. The number of rotatable bonds is 8. The molecule has 0 N–H and O–H groups in total. The summed E-state index contributed by atoms with van der Waals surface area (Å²) in [4.78, 5) is 14.3. The van der Waals surface area contributed by atoms with Gasteiger partial charge in [-0.25, -0.2) is 0 Å². The molecule has 0 aromatic heterocycles. The molecule has 0 saturated heterocycles. The van der Waals surface area contributed by atoms with Crippen molar-refractivity contribution in [3.8, 4) is 0 Å². The van der Waals surface area contributed by atoms with Crippen LogP contribution in [0.4, 0.5) is 0 Å². The second-order valence-corrected chi connectivity index (χ2v) is 4.42. The van der Waals surface area contributed by atoms with Crippen LogP contribution in [0.3, 0.4) is 0 Å². The van der Waals surface area contributed by atoms with Crippen molar-refractivity contribution in [2.45, 2.75) is 20.3 Å². The van der Waals surface area contributed by atoms with Gasteiger partial charge in [-0.2, -0.15) is 0 Å². The number of nitrogens with zero attached hydrogens (tertiary/aromatic N) is 1. The van der Waals surface area contributed by atoms with E-state index in [1.54, 1.807) is 7.11 Å². The first-order valence-electron chi connectivity index (χ1n) is 6.49. The molecule has 0 unspecified atom stereocenters. The Kier molecular flexibility index (Phi) is 6.61. The Morgan fingerprint density at radius 1 is 1.28 bits per heavy atom. The Hall–Kier alpha value is -1.19. The van der Waals surface area contributed by atoms with Crippen molar-refractivity contribution in [2.24, 2.45) is 0 Å². The van der Waals surface area contributed by atoms with Gasteiger partial charge in [0.25, 0.3) is 0 Å². The van der Waals surface area contributed by atoms with Gasteiger partial charge >= 0.3 is 0 Å². The molecule has 0 bridgehead atoms. The fraction of sp³-hybridized carbons (Fsp3) is 0.533. The van der Waals surface area contributed by atoms with Crippen LogP contribution in [0.1, 0.15) is 29.3 Å². The Morgan fingerprint density at radius 3 is 2.61 bits per heavy atom. The summed E-state index contributed by atoms with van der Waals surface area (Å²) < 4.78 is 5.06. The number of benzene rings is 1. The van der Waals surface area contributed by atoms with Crippen LogP contribution in [0.5, 0.6) is 0 Å². The average molecular weight is 249 g/mol. The standard InChI is InChI=1S/C15H23NO2/c1-4-16(11-12-18-3)10-9-15(17)14-8-6-5-7-13(14)2/h5-8H,4,9-12H2,1-3H3. The Balaban J connectivity index is 2.47. The lowest BCUT2D eigenvalue weighted by Gasteiger charge is -2.19. The van der Waals surface area contributed by atoms with Crippen molar-refractivity contribution in [2.75, 3.05) is 33.4 Å². The largest absolute Gasteiger partial charge is 0.383 e. The highest BCUT2D eigenvalue weighted by atomic mass is 16.5. The van der Waals surface area contributed by atoms with E-state index < -0.39 is 0 Å². The van der Waals surface area contributed by atoms with Crippen LogP contribution in [0.2, 0.25) is 0 Å². The molecule has 100 valence electrons. The van der Waals surface area contributed by atoms with Gasteiger partial charge in [-0.1, -0.05) is 31.2 Å². The second-order valence-electron chi connectivity index (χ2n) is 4.42. The highest BCUT2D eigenvalue weighted by Gasteiger charge is 2.10. The number of aryl methyl sites for hydroxylation is 1. The number of Topliss-reactive ketones (excluding diaryl/α,β-unsaturated/α-hetero) is 1. The monoisotopic (exact) mass is 249 g/mol. The maximum Gasteiger partial charge on any atom is 0.164 e. The Bertz CT molecular complexity index is 377. The molecule has 1 aromatic carbocycles. The molecule has 3 nitrogen and oxygen atoms in total. The molecule has 0 saturated carbocycles. The third-order valence-corrected chi connectivity index (χ3v) is 3.16. The van der Waals surface area contributed by atoms with E-state index in [-0.39, 0.29) is 5.78 Å². The fourth-order valence-electron chi connectivity index (χ4n) is 1.93. The summed E-state index contributed by atoms with van der Waals surface area (Å²) in [7, 11) is 1.70. The molecule has 1 aromatic rings. The van der Waals surface area contributed by atoms with Crippen LogP contribution >= 0.6 is 0 Å². The van der Waals surface area contributed by atoms with E-state index in [2.05, 4.69) is 11.8 Å². The van der Waals surface area contributed by atoms with Gasteiger partial charge in [0.05, 0.1) is 6.61 Å². The number of ketones is 1. The minimum atomic E-state index is 0.226. The van der Waals surface area contributed by atoms with Gasteiger partial charge in [0.1, 0.15) is 0 Å². The maximum absolute atomic E-state index is 12.1. The summed E-state index contributed by atoms with van der Waals surface area (Å²) in [6, 6.07) is 7.77. The second kappa shape index (κ2) is 8.01. The van der Waals surface area contributed by atoms with Gasteiger partial charge in [0, 0.05) is 32.2 Å². The van der Waals surface area contributed by atoms with Crippen molar-refractivity contribution in [3.05, 3.63) is 35.4 Å². The van der Waals surface area contributed by atoms with Crippen molar-refractivity contribution < 1.29 is 9.53 Å². The SMILES string of the molecule is CCN(CCOC)CCC(=O)c1ccccc1C. The molecule has 0 aliphatic carbocycles. The topological polar surface area (TPSA) is 29.5 Å². The van der Waals surface area contributed by atoms with Crippen LogP contribution in [0.25, 0.3) is 0 Å². The number of carbonyl (C=O) groups is 1. The molecule has 0 aliphatic heterocycles. The van der Waals surface area contributed by atoms with Gasteiger partial charge in [-0.15, -0.1) is 0 Å². The molecule has 0 aliphatic rings. The summed E-state index contributed by atoms with van der Waals surface area (Å²) in [5, 5.41) is 0. The van der Waals surface area contributed by atoms with Crippen LogP contribution < -0.4 is 0 Å². The number of ether oxygens (including phenoxy) is 1. The van der Waals surface area contributed by atoms with E-state index >= 15 is 0 Å². The predicted molar refractivity (Wildman–Crippen MR) is 74.1 cm³/mol. The first-order valence-corrected chi connectivity index (χ1v) is 6.49. The molecule has 0 fully saturated rings. The maximum atomic E-state index is 12.1. The minimum Gasteiger partial charge on any atom is -0.383 e. The van der Waals surface area contributed by atoms with Crippen molar-refractivity contribution in [1.82, 2.24) is 4.90 Å². The van der Waals surface area contributed by atoms with Crippen molar-refractivity contribution in [3.63, 3.8) is 0 Å². The van der Waals surface area contributed by atoms with Gasteiger partial charge in [-0.3, -0.25) is 4.79 Å². The zero-order valence-electron chi connectivity index (χ0n) is 11.6. The Labute approximate surface area is 110 Å². The number of hydrogen-bond donors (Lipinski definition) is 0. The zero-order valence-corrected chi connectivity index (χ0v) is 11.6. The molecule has 0 heterocycles. The number of methoxy groups -OCH3 is 1. The summed E-state index contributed by atoms with van der Waals surface area (Å²) >= 11 is 0. The van der Waals surface area contributed by atoms with Crippen LogP contribution in [-0.4, -0.2) is 44.0 Å². The zero-order chi connectivity index (χ0) is 13.4. The highest BCUT2D eigenvalue weighted by Crippen LogP contribution is 2.10. The van der Waals surface area contributed by atoms with Crippen molar-refractivity contribution in [1.29, 1.82) is 0 Å². The lowest BCUT2D eigenvalue weighted by atomic mass is 10.0. The third kappa shape index (κ3) is 4.59. The Morgan fingerprint density at radius 2 is 2.00 bits per heavy atom. The summed E-state index contributed by atoms with van der Waals surface area (Å²) in [5.41, 5.74) is 1.91. The molecule has 0 amide bonds. The molecule has 0 spiro atoms. The first kappa shape index (κ1) is 14.9. The smallest absolute Gasteiger partial charge is 0.164 e. The lowest BCUT2D eigenvalue weighted by molar-refractivity contribution is 0.0951. The van der Waals surface area contributed by atoms with Crippen LogP contribution in [0, 0.1) is 6.92 Å². The van der Waals surface area contributed by atoms with E-state index in [1.165, 1.54) is 0 Å². The van der Waals surface area contributed by atoms with E-state index in [4.69, 9.17) is 4.74 Å². The van der Waals surface area contributed by atoms with Crippen LogP contribution in [0.15, 0.2) is 24.3 Å². The minimum absolute atomic E-state index is 0.226. The quantitative estimate of drug-likeness (QED) is 0.663. The predicted octanol–water partition coefficient (Wildman–Crippen LogP) is 2.54. The van der Waals surface area contributed by atoms with E-state index in [0.717, 1.165) is 30.8 Å². The van der Waals surface area contributed by atoms with E-state index in [0.29, 0.717) is 13.0 Å². The first-order chi connectivity index (χ1) is 8.69. The molecular weight excluding hydrogens is 226 g/mol.